The standard InChI is InChI=1S/C15H19NO2S/c1-2-9-18-13-7-5-12(6-8-13)16-11-14(17)15-4-3-10-19-15/h3-8,10,14,16-17H,2,9,11H2,1H3. The Kier molecular flexibility index (Phi) is 5.24. The van der Waals surface area contributed by atoms with Crippen molar-refractivity contribution < 1.29 is 9.84 Å². The molecule has 1 heterocycles. The SMILES string of the molecule is CCCOc1ccc(NCC(O)c2cccs2)cc1. The smallest absolute Gasteiger partial charge is 0.119 e. The van der Waals surface area contributed by atoms with Gasteiger partial charge in [0.2, 0.25) is 0 Å². The summed E-state index contributed by atoms with van der Waals surface area (Å²) in [6, 6.07) is 11.7. The summed E-state index contributed by atoms with van der Waals surface area (Å²) in [5, 5.41) is 15.2. The van der Waals surface area contributed by atoms with Crippen molar-refractivity contribution in [2.75, 3.05) is 18.5 Å². The van der Waals surface area contributed by atoms with Gasteiger partial charge in [-0.15, -0.1) is 11.3 Å². The van der Waals surface area contributed by atoms with Crippen LogP contribution in [0.5, 0.6) is 5.75 Å². The van der Waals surface area contributed by atoms with E-state index in [1.165, 1.54) is 0 Å². The normalized spacial score (nSPS) is 12.1. The molecule has 0 saturated heterocycles. The molecule has 0 amide bonds. The number of rotatable bonds is 7. The van der Waals surface area contributed by atoms with Crippen LogP contribution in [0.15, 0.2) is 41.8 Å². The molecule has 2 rings (SSSR count). The van der Waals surface area contributed by atoms with Crippen molar-refractivity contribution in [1.82, 2.24) is 0 Å². The van der Waals surface area contributed by atoms with Crippen LogP contribution in [0.3, 0.4) is 0 Å². The van der Waals surface area contributed by atoms with E-state index in [9.17, 15) is 5.11 Å². The van der Waals surface area contributed by atoms with Crippen molar-refractivity contribution in [2.45, 2.75) is 19.4 Å². The highest BCUT2D eigenvalue weighted by molar-refractivity contribution is 7.10. The topological polar surface area (TPSA) is 41.5 Å². The Bertz CT molecular complexity index is 467. The second kappa shape index (κ2) is 7.16. The average molecular weight is 277 g/mol. The molecule has 0 spiro atoms. The zero-order valence-corrected chi connectivity index (χ0v) is 11.8. The highest BCUT2D eigenvalue weighted by Gasteiger charge is 2.07. The molecule has 0 bridgehead atoms. The van der Waals surface area contributed by atoms with Crippen LogP contribution in [-0.4, -0.2) is 18.3 Å². The van der Waals surface area contributed by atoms with E-state index >= 15 is 0 Å². The lowest BCUT2D eigenvalue weighted by Gasteiger charge is -2.12. The molecular weight excluding hydrogens is 258 g/mol. The van der Waals surface area contributed by atoms with E-state index in [0.717, 1.165) is 29.3 Å². The van der Waals surface area contributed by atoms with Gasteiger partial charge in [0.25, 0.3) is 0 Å². The van der Waals surface area contributed by atoms with Crippen LogP contribution in [0, 0.1) is 0 Å². The molecule has 1 aromatic heterocycles. The first-order valence-electron chi connectivity index (χ1n) is 6.48. The van der Waals surface area contributed by atoms with E-state index in [1.807, 2.05) is 41.8 Å². The first-order valence-corrected chi connectivity index (χ1v) is 7.35. The number of aliphatic hydroxyl groups excluding tert-OH is 1. The number of hydrogen-bond acceptors (Lipinski definition) is 4. The van der Waals surface area contributed by atoms with Gasteiger partial charge < -0.3 is 15.2 Å². The third kappa shape index (κ3) is 4.26. The fourth-order valence-electron chi connectivity index (χ4n) is 1.68. The molecular formula is C15H19NO2S. The van der Waals surface area contributed by atoms with Crippen molar-refractivity contribution in [1.29, 1.82) is 0 Å². The van der Waals surface area contributed by atoms with Gasteiger partial charge in [0.05, 0.1) is 6.61 Å². The van der Waals surface area contributed by atoms with Gasteiger partial charge in [0.15, 0.2) is 0 Å². The van der Waals surface area contributed by atoms with Crippen LogP contribution in [0.25, 0.3) is 0 Å². The van der Waals surface area contributed by atoms with Crippen molar-refractivity contribution in [3.8, 4) is 5.75 Å². The Morgan fingerprint density at radius 2 is 2.05 bits per heavy atom. The van der Waals surface area contributed by atoms with E-state index in [2.05, 4.69) is 12.2 Å². The number of anilines is 1. The second-order valence-corrected chi connectivity index (χ2v) is 5.26. The third-order valence-electron chi connectivity index (χ3n) is 2.70. The average Bonchev–Trinajstić information content (AvgIpc) is 2.98. The second-order valence-electron chi connectivity index (χ2n) is 4.28. The molecule has 0 saturated carbocycles. The zero-order chi connectivity index (χ0) is 13.5. The van der Waals surface area contributed by atoms with Gasteiger partial charge in [-0.2, -0.15) is 0 Å². The maximum absolute atomic E-state index is 9.96. The monoisotopic (exact) mass is 277 g/mol. The summed E-state index contributed by atoms with van der Waals surface area (Å²) in [6.07, 6.45) is 0.545. The van der Waals surface area contributed by atoms with Crippen LogP contribution in [0.1, 0.15) is 24.3 Å². The number of benzene rings is 1. The van der Waals surface area contributed by atoms with Crippen LogP contribution in [-0.2, 0) is 0 Å². The molecule has 1 atom stereocenters. The van der Waals surface area contributed by atoms with E-state index in [4.69, 9.17) is 4.74 Å². The summed E-state index contributed by atoms with van der Waals surface area (Å²) < 4.78 is 5.52. The molecule has 1 unspecified atom stereocenters. The minimum Gasteiger partial charge on any atom is -0.494 e. The van der Waals surface area contributed by atoms with Gasteiger partial charge in [-0.1, -0.05) is 13.0 Å². The molecule has 0 fully saturated rings. The summed E-state index contributed by atoms with van der Waals surface area (Å²) in [5.74, 6) is 0.881. The molecule has 0 aliphatic heterocycles. The molecule has 1 aromatic carbocycles. The van der Waals surface area contributed by atoms with E-state index in [0.29, 0.717) is 6.54 Å². The fourth-order valence-corrected chi connectivity index (χ4v) is 2.40. The van der Waals surface area contributed by atoms with Gasteiger partial charge in [0.1, 0.15) is 11.9 Å². The first-order chi connectivity index (χ1) is 9.29. The van der Waals surface area contributed by atoms with Crippen molar-refractivity contribution in [2.24, 2.45) is 0 Å². The minimum absolute atomic E-state index is 0.462. The Hall–Kier alpha value is -1.52. The Balaban J connectivity index is 1.82. The number of ether oxygens (including phenoxy) is 1. The number of nitrogens with one attached hydrogen (secondary N) is 1. The number of aliphatic hydroxyl groups is 1. The van der Waals surface area contributed by atoms with E-state index < -0.39 is 6.10 Å². The highest BCUT2D eigenvalue weighted by atomic mass is 32.1. The summed E-state index contributed by atoms with van der Waals surface area (Å²) in [4.78, 5) is 0.982. The van der Waals surface area contributed by atoms with Gasteiger partial charge in [-0.05, 0) is 42.1 Å². The Morgan fingerprint density at radius 1 is 1.26 bits per heavy atom. The van der Waals surface area contributed by atoms with Gasteiger partial charge >= 0.3 is 0 Å². The molecule has 0 aliphatic carbocycles. The zero-order valence-electron chi connectivity index (χ0n) is 11.0. The molecule has 2 aromatic rings. The maximum atomic E-state index is 9.96. The molecule has 0 aliphatic rings. The summed E-state index contributed by atoms with van der Waals surface area (Å²) in [6.45, 7) is 3.33. The van der Waals surface area contributed by atoms with Crippen molar-refractivity contribution >= 4 is 17.0 Å². The van der Waals surface area contributed by atoms with Crippen LogP contribution in [0.2, 0.25) is 0 Å². The first kappa shape index (κ1) is 13.9. The number of thiophene rings is 1. The van der Waals surface area contributed by atoms with Crippen LogP contribution in [0.4, 0.5) is 5.69 Å². The van der Waals surface area contributed by atoms with Crippen LogP contribution < -0.4 is 10.1 Å². The van der Waals surface area contributed by atoms with Crippen LogP contribution >= 0.6 is 11.3 Å². The Labute approximate surface area is 117 Å². The van der Waals surface area contributed by atoms with E-state index in [-0.39, 0.29) is 0 Å². The van der Waals surface area contributed by atoms with Crippen molar-refractivity contribution in [3.63, 3.8) is 0 Å². The predicted molar refractivity (Wildman–Crippen MR) is 80.0 cm³/mol. The molecule has 4 heteroatoms. The number of hydrogen-bond donors (Lipinski definition) is 2. The molecule has 102 valence electrons. The lowest BCUT2D eigenvalue weighted by molar-refractivity contribution is 0.195. The molecule has 2 N–H and O–H groups in total. The maximum Gasteiger partial charge on any atom is 0.119 e. The lowest BCUT2D eigenvalue weighted by atomic mass is 10.2. The van der Waals surface area contributed by atoms with E-state index in [1.54, 1.807) is 11.3 Å². The molecule has 3 nitrogen and oxygen atoms in total. The molecule has 19 heavy (non-hydrogen) atoms. The lowest BCUT2D eigenvalue weighted by Crippen LogP contribution is -2.10. The van der Waals surface area contributed by atoms with Gasteiger partial charge in [-0.3, -0.25) is 0 Å². The predicted octanol–water partition coefficient (Wildman–Crippen LogP) is 3.68. The largest absolute Gasteiger partial charge is 0.494 e. The quantitative estimate of drug-likeness (QED) is 0.811. The van der Waals surface area contributed by atoms with Crippen molar-refractivity contribution in [3.05, 3.63) is 46.7 Å². The third-order valence-corrected chi connectivity index (χ3v) is 3.67. The molecule has 0 radical (unpaired) electrons. The summed E-state index contributed by atoms with van der Waals surface area (Å²) >= 11 is 1.57. The van der Waals surface area contributed by atoms with Gasteiger partial charge in [0, 0.05) is 17.1 Å². The summed E-state index contributed by atoms with van der Waals surface area (Å²) in [5.41, 5.74) is 0.986. The Morgan fingerprint density at radius 3 is 2.68 bits per heavy atom. The highest BCUT2D eigenvalue weighted by Crippen LogP contribution is 2.20. The van der Waals surface area contributed by atoms with Gasteiger partial charge in [-0.25, -0.2) is 0 Å². The fraction of sp³-hybridized carbons (Fsp3) is 0.333. The summed E-state index contributed by atoms with van der Waals surface area (Å²) in [7, 11) is 0. The minimum atomic E-state index is -0.462.